The molecule has 0 aromatic heterocycles. The first-order valence-corrected chi connectivity index (χ1v) is 36.7. The molecule has 0 rings (SSSR count). The maximum absolute atomic E-state index is 13.0. The van der Waals surface area contributed by atoms with Crippen molar-refractivity contribution in [2.75, 3.05) is 39.6 Å². The highest BCUT2D eigenvalue weighted by molar-refractivity contribution is 7.47. The number of unbranched alkanes of at least 4 members (excludes halogenated alkanes) is 28. The standard InChI is InChI=1S/C65H126O17P2/c1-55(2)41-33-25-17-13-10-9-11-15-19-29-37-45-62(67)75-51-60(81-64(69)47-39-31-20-16-12-14-18-26-34-42-56(3)4)53-79-83(71,72)77-49-59(66)50-78-84(73,74)80-54-61(82-65(70)48-40-32-24-22-28-36-44-58(7)8)52-76-63(68)46-38-30-23-21-27-35-43-57(5)6/h55-61,66H,9-54H2,1-8H3,(H,71,72)(H,73,74)/t59-,60-,61-/m1/s1. The van der Waals surface area contributed by atoms with E-state index in [2.05, 4.69) is 55.4 Å². The predicted molar refractivity (Wildman–Crippen MR) is 335 cm³/mol. The number of aliphatic hydroxyl groups is 1. The summed E-state index contributed by atoms with van der Waals surface area (Å²) in [6, 6.07) is 0. The Hall–Kier alpha value is -1.94. The van der Waals surface area contributed by atoms with Crippen LogP contribution in [0.1, 0.15) is 312 Å². The van der Waals surface area contributed by atoms with Gasteiger partial charge in [0, 0.05) is 25.7 Å². The number of carbonyl (C=O) groups is 4. The number of ether oxygens (including phenoxy) is 4. The first kappa shape index (κ1) is 82.1. The lowest BCUT2D eigenvalue weighted by Gasteiger charge is -2.21. The van der Waals surface area contributed by atoms with Crippen LogP contribution >= 0.6 is 15.6 Å². The van der Waals surface area contributed by atoms with Gasteiger partial charge in [-0.25, -0.2) is 9.13 Å². The number of phosphoric acid groups is 2. The lowest BCUT2D eigenvalue weighted by molar-refractivity contribution is -0.161. The third kappa shape index (κ3) is 59.0. The fourth-order valence-electron chi connectivity index (χ4n) is 9.61. The van der Waals surface area contributed by atoms with Gasteiger partial charge in [0.25, 0.3) is 0 Å². The van der Waals surface area contributed by atoms with Gasteiger partial charge in [-0.15, -0.1) is 0 Å². The molecular formula is C65H126O17P2. The van der Waals surface area contributed by atoms with Gasteiger partial charge in [-0.2, -0.15) is 0 Å². The van der Waals surface area contributed by atoms with Crippen LogP contribution in [0.4, 0.5) is 0 Å². The zero-order chi connectivity index (χ0) is 62.5. The van der Waals surface area contributed by atoms with Gasteiger partial charge in [0.1, 0.15) is 19.3 Å². The summed E-state index contributed by atoms with van der Waals surface area (Å²) < 4.78 is 68.0. The third-order valence-corrected chi connectivity index (χ3v) is 16.7. The molecule has 0 heterocycles. The Kier molecular flexibility index (Phi) is 53.9. The Bertz CT molecular complexity index is 1680. The van der Waals surface area contributed by atoms with E-state index in [1.54, 1.807) is 0 Å². The molecule has 498 valence electrons. The SMILES string of the molecule is CC(C)CCCCCCCCCCCCCC(=O)OC[C@H](COP(=O)(O)OC[C@@H](O)COP(=O)(O)OC[C@@H](COC(=O)CCCCCCCCC(C)C)OC(=O)CCCCCCCCC(C)C)OC(=O)CCCCCCCCCCCC(C)C. The van der Waals surface area contributed by atoms with Gasteiger partial charge in [0.2, 0.25) is 0 Å². The van der Waals surface area contributed by atoms with Crippen LogP contribution < -0.4 is 0 Å². The molecule has 0 aliphatic heterocycles. The van der Waals surface area contributed by atoms with E-state index in [0.717, 1.165) is 108 Å². The molecular weight excluding hydrogens is 1110 g/mol. The fraction of sp³-hybridized carbons (Fsp3) is 0.938. The van der Waals surface area contributed by atoms with Crippen LogP contribution in [-0.2, 0) is 65.4 Å². The maximum Gasteiger partial charge on any atom is 0.472 e. The number of carbonyl (C=O) groups excluding carboxylic acids is 4. The van der Waals surface area contributed by atoms with Crippen molar-refractivity contribution in [3.8, 4) is 0 Å². The molecule has 17 nitrogen and oxygen atoms in total. The Morgan fingerprint density at radius 1 is 0.298 bits per heavy atom. The van der Waals surface area contributed by atoms with Crippen molar-refractivity contribution in [3.63, 3.8) is 0 Å². The minimum atomic E-state index is -4.95. The van der Waals surface area contributed by atoms with E-state index < -0.39 is 97.5 Å². The van der Waals surface area contributed by atoms with Gasteiger partial charge in [0.05, 0.1) is 26.4 Å². The first-order valence-electron chi connectivity index (χ1n) is 33.7. The van der Waals surface area contributed by atoms with Crippen molar-refractivity contribution in [3.05, 3.63) is 0 Å². The second-order valence-electron chi connectivity index (χ2n) is 25.4. The summed E-state index contributed by atoms with van der Waals surface area (Å²) in [5, 5.41) is 10.5. The van der Waals surface area contributed by atoms with E-state index >= 15 is 0 Å². The lowest BCUT2D eigenvalue weighted by atomic mass is 10.0. The van der Waals surface area contributed by atoms with Crippen molar-refractivity contribution in [1.29, 1.82) is 0 Å². The van der Waals surface area contributed by atoms with Gasteiger partial charge in [-0.3, -0.25) is 37.3 Å². The van der Waals surface area contributed by atoms with Crippen LogP contribution in [0.25, 0.3) is 0 Å². The molecule has 0 saturated carbocycles. The predicted octanol–water partition coefficient (Wildman–Crippen LogP) is 17.8. The molecule has 0 bridgehead atoms. The molecule has 0 saturated heterocycles. The second kappa shape index (κ2) is 55.2. The molecule has 2 unspecified atom stereocenters. The summed E-state index contributed by atoms with van der Waals surface area (Å²) in [4.78, 5) is 72.2. The smallest absolute Gasteiger partial charge is 0.462 e. The van der Waals surface area contributed by atoms with Crippen LogP contribution in [0, 0.1) is 23.7 Å². The molecule has 3 N–H and O–H groups in total. The van der Waals surface area contributed by atoms with E-state index in [0.29, 0.717) is 37.5 Å². The summed E-state index contributed by atoms with van der Waals surface area (Å²) in [6.45, 7) is 13.9. The van der Waals surface area contributed by atoms with Crippen LogP contribution in [0.5, 0.6) is 0 Å². The zero-order valence-electron chi connectivity index (χ0n) is 54.5. The molecule has 84 heavy (non-hydrogen) atoms. The topological polar surface area (TPSA) is 237 Å². The highest BCUT2D eigenvalue weighted by Crippen LogP contribution is 2.45. The van der Waals surface area contributed by atoms with Crippen molar-refractivity contribution in [1.82, 2.24) is 0 Å². The number of phosphoric ester groups is 2. The van der Waals surface area contributed by atoms with E-state index in [9.17, 15) is 43.2 Å². The van der Waals surface area contributed by atoms with Crippen LogP contribution in [0.2, 0.25) is 0 Å². The molecule has 0 aliphatic rings. The average Bonchev–Trinajstić information content (AvgIpc) is 3.48. The molecule has 5 atom stereocenters. The molecule has 0 amide bonds. The Labute approximate surface area is 511 Å². The lowest BCUT2D eigenvalue weighted by Crippen LogP contribution is -2.30. The molecule has 0 fully saturated rings. The molecule has 0 aromatic carbocycles. The van der Waals surface area contributed by atoms with Gasteiger partial charge in [-0.05, 0) is 49.4 Å². The fourth-order valence-corrected chi connectivity index (χ4v) is 11.2. The molecule has 19 heteroatoms. The highest BCUT2D eigenvalue weighted by atomic mass is 31.2. The summed E-state index contributed by atoms with van der Waals surface area (Å²) in [5.74, 6) is 0.714. The molecule has 0 aromatic rings. The van der Waals surface area contributed by atoms with E-state index in [1.165, 1.54) is 109 Å². The van der Waals surface area contributed by atoms with Gasteiger partial charge in [-0.1, -0.05) is 261 Å². The Morgan fingerprint density at radius 2 is 0.500 bits per heavy atom. The Balaban J connectivity index is 5.23. The molecule has 0 spiro atoms. The quantitative estimate of drug-likeness (QED) is 0.0222. The minimum Gasteiger partial charge on any atom is -0.462 e. The number of aliphatic hydroxyl groups excluding tert-OH is 1. The second-order valence-corrected chi connectivity index (χ2v) is 28.3. The minimum absolute atomic E-state index is 0.100. The van der Waals surface area contributed by atoms with E-state index in [-0.39, 0.29) is 25.7 Å². The molecule has 0 aliphatic carbocycles. The summed E-state index contributed by atoms with van der Waals surface area (Å²) in [7, 11) is -9.89. The summed E-state index contributed by atoms with van der Waals surface area (Å²) in [6.07, 6.45) is 35.2. The van der Waals surface area contributed by atoms with Crippen molar-refractivity contribution in [2.24, 2.45) is 23.7 Å². The highest BCUT2D eigenvalue weighted by Gasteiger charge is 2.30. The summed E-state index contributed by atoms with van der Waals surface area (Å²) in [5.41, 5.74) is 0. The third-order valence-electron chi connectivity index (χ3n) is 14.8. The zero-order valence-corrected chi connectivity index (χ0v) is 56.3. The van der Waals surface area contributed by atoms with Crippen molar-refractivity contribution >= 4 is 39.5 Å². The van der Waals surface area contributed by atoms with Gasteiger partial charge < -0.3 is 33.8 Å². The molecule has 0 radical (unpaired) electrons. The number of hydrogen-bond donors (Lipinski definition) is 3. The van der Waals surface area contributed by atoms with E-state index in [4.69, 9.17) is 37.0 Å². The summed E-state index contributed by atoms with van der Waals surface area (Å²) >= 11 is 0. The Morgan fingerprint density at radius 3 is 0.738 bits per heavy atom. The van der Waals surface area contributed by atoms with Crippen LogP contribution in [0.15, 0.2) is 0 Å². The van der Waals surface area contributed by atoms with E-state index in [1.807, 2.05) is 0 Å². The number of esters is 4. The van der Waals surface area contributed by atoms with Gasteiger partial charge in [0.15, 0.2) is 12.2 Å². The average molecular weight is 1240 g/mol. The normalized spacial score (nSPS) is 14.4. The van der Waals surface area contributed by atoms with Crippen LogP contribution in [0.3, 0.4) is 0 Å². The number of rotatable bonds is 62. The first-order chi connectivity index (χ1) is 40.1. The van der Waals surface area contributed by atoms with Crippen LogP contribution in [-0.4, -0.2) is 96.7 Å². The maximum atomic E-state index is 13.0. The van der Waals surface area contributed by atoms with Crippen molar-refractivity contribution in [2.45, 2.75) is 331 Å². The number of hydrogen-bond acceptors (Lipinski definition) is 15. The van der Waals surface area contributed by atoms with Crippen molar-refractivity contribution < 1.29 is 80.2 Å². The van der Waals surface area contributed by atoms with Gasteiger partial charge >= 0.3 is 39.5 Å². The monoisotopic (exact) mass is 1240 g/mol. The largest absolute Gasteiger partial charge is 0.472 e.